The number of aryl methyl sites for hydroxylation is 1. The molecule has 0 amide bonds. The van der Waals surface area contributed by atoms with Gasteiger partial charge in [-0.15, -0.1) is 0 Å². The number of benzene rings is 1. The Bertz CT molecular complexity index is 522. The molecule has 2 rings (SSSR count). The summed E-state index contributed by atoms with van der Waals surface area (Å²) in [5, 5.41) is 3.33. The van der Waals surface area contributed by atoms with Gasteiger partial charge in [0.1, 0.15) is 5.82 Å². The van der Waals surface area contributed by atoms with Gasteiger partial charge in [-0.3, -0.25) is 0 Å². The maximum absolute atomic E-state index is 13.6. The highest BCUT2D eigenvalue weighted by molar-refractivity contribution is 5.56. The molecule has 0 fully saturated rings. The molecule has 1 aromatic heterocycles. The fraction of sp³-hybridized carbons (Fsp3) is 0.400. The fourth-order valence-corrected chi connectivity index (χ4v) is 1.84. The number of hydrogen-bond acceptors (Lipinski definition) is 3. The first-order chi connectivity index (χ1) is 9.16. The van der Waals surface area contributed by atoms with Crippen LogP contribution in [0.1, 0.15) is 26.2 Å². The number of oxazole rings is 1. The molecular weight excluding hydrogens is 243 g/mol. The third-order valence-corrected chi connectivity index (χ3v) is 2.81. The third-order valence-electron chi connectivity index (χ3n) is 2.81. The predicted molar refractivity (Wildman–Crippen MR) is 73.4 cm³/mol. The summed E-state index contributed by atoms with van der Waals surface area (Å²) in [4.78, 5) is 4.19. The molecule has 1 N–H and O–H groups in total. The highest BCUT2D eigenvalue weighted by Gasteiger charge is 2.10. The largest absolute Gasteiger partial charge is 0.441 e. The van der Waals surface area contributed by atoms with Crippen LogP contribution in [0.15, 0.2) is 34.9 Å². The molecule has 0 unspecified atom stereocenters. The Morgan fingerprint density at radius 2 is 2.11 bits per heavy atom. The zero-order valence-corrected chi connectivity index (χ0v) is 11.3. The molecule has 0 atom stereocenters. The van der Waals surface area contributed by atoms with E-state index in [1.807, 2.05) is 0 Å². The average molecular weight is 262 g/mol. The standard InChI is InChI=1S/C15H19FN2O/c1-11(2)17-9-5-8-15-18-10-14(19-15)12-6-3-4-7-13(12)16/h3-4,6-7,10-11,17H,5,8-9H2,1-2H3. The van der Waals surface area contributed by atoms with Crippen LogP contribution in [0.3, 0.4) is 0 Å². The van der Waals surface area contributed by atoms with Gasteiger partial charge in [0, 0.05) is 12.5 Å². The summed E-state index contributed by atoms with van der Waals surface area (Å²) in [6.45, 7) is 5.15. The van der Waals surface area contributed by atoms with E-state index in [2.05, 4.69) is 24.1 Å². The quantitative estimate of drug-likeness (QED) is 0.811. The zero-order valence-electron chi connectivity index (χ0n) is 11.3. The Balaban J connectivity index is 1.94. The van der Waals surface area contributed by atoms with Gasteiger partial charge in [0.15, 0.2) is 11.7 Å². The summed E-state index contributed by atoms with van der Waals surface area (Å²) in [6.07, 6.45) is 3.30. The van der Waals surface area contributed by atoms with Crippen molar-refractivity contribution in [2.45, 2.75) is 32.7 Å². The van der Waals surface area contributed by atoms with E-state index < -0.39 is 0 Å². The number of hydrogen-bond donors (Lipinski definition) is 1. The average Bonchev–Trinajstić information content (AvgIpc) is 2.83. The van der Waals surface area contributed by atoms with Gasteiger partial charge < -0.3 is 9.73 Å². The lowest BCUT2D eigenvalue weighted by molar-refractivity contribution is 0.482. The van der Waals surface area contributed by atoms with E-state index in [0.717, 1.165) is 19.4 Å². The minimum atomic E-state index is -0.285. The van der Waals surface area contributed by atoms with Crippen molar-refractivity contribution in [1.82, 2.24) is 10.3 Å². The van der Waals surface area contributed by atoms with Crippen LogP contribution in [0.4, 0.5) is 4.39 Å². The van der Waals surface area contributed by atoms with Gasteiger partial charge in [0.25, 0.3) is 0 Å². The van der Waals surface area contributed by atoms with Crippen molar-refractivity contribution in [3.05, 3.63) is 42.2 Å². The number of rotatable bonds is 6. The predicted octanol–water partition coefficient (Wildman–Crippen LogP) is 3.41. The Morgan fingerprint density at radius 3 is 2.84 bits per heavy atom. The topological polar surface area (TPSA) is 38.1 Å². The maximum Gasteiger partial charge on any atom is 0.194 e. The molecule has 3 nitrogen and oxygen atoms in total. The number of nitrogens with one attached hydrogen (secondary N) is 1. The Kier molecular flexibility index (Phi) is 4.68. The maximum atomic E-state index is 13.6. The highest BCUT2D eigenvalue weighted by Crippen LogP contribution is 2.23. The van der Waals surface area contributed by atoms with Gasteiger partial charge >= 0.3 is 0 Å². The van der Waals surface area contributed by atoms with Crippen LogP contribution in [0.2, 0.25) is 0 Å². The van der Waals surface area contributed by atoms with Gasteiger partial charge in [0.2, 0.25) is 0 Å². The van der Waals surface area contributed by atoms with E-state index in [1.54, 1.807) is 24.4 Å². The van der Waals surface area contributed by atoms with Crippen molar-refractivity contribution in [3.63, 3.8) is 0 Å². The fourth-order valence-electron chi connectivity index (χ4n) is 1.84. The van der Waals surface area contributed by atoms with Gasteiger partial charge in [-0.05, 0) is 25.1 Å². The molecule has 0 aliphatic carbocycles. The molecule has 0 spiro atoms. The van der Waals surface area contributed by atoms with E-state index in [9.17, 15) is 4.39 Å². The van der Waals surface area contributed by atoms with Crippen LogP contribution in [-0.4, -0.2) is 17.6 Å². The molecular formula is C15H19FN2O. The van der Waals surface area contributed by atoms with E-state index in [-0.39, 0.29) is 5.82 Å². The molecule has 2 aromatic rings. The van der Waals surface area contributed by atoms with Crippen LogP contribution in [0.5, 0.6) is 0 Å². The van der Waals surface area contributed by atoms with Crippen molar-refractivity contribution in [2.75, 3.05) is 6.54 Å². The normalized spacial score (nSPS) is 11.2. The molecule has 19 heavy (non-hydrogen) atoms. The second-order valence-electron chi connectivity index (χ2n) is 4.81. The van der Waals surface area contributed by atoms with Gasteiger partial charge in [0.05, 0.1) is 11.8 Å². The van der Waals surface area contributed by atoms with Crippen LogP contribution >= 0.6 is 0 Å². The van der Waals surface area contributed by atoms with Crippen molar-refractivity contribution in [1.29, 1.82) is 0 Å². The molecule has 0 aliphatic heterocycles. The molecule has 1 aromatic carbocycles. The molecule has 0 radical (unpaired) electrons. The van der Waals surface area contributed by atoms with E-state index >= 15 is 0 Å². The molecule has 102 valence electrons. The first-order valence-electron chi connectivity index (χ1n) is 6.60. The molecule has 1 heterocycles. The molecule has 0 aliphatic rings. The summed E-state index contributed by atoms with van der Waals surface area (Å²) in [5.74, 6) is 0.861. The van der Waals surface area contributed by atoms with Crippen LogP contribution in [0, 0.1) is 5.82 Å². The molecule has 4 heteroatoms. The van der Waals surface area contributed by atoms with Crippen LogP contribution in [0.25, 0.3) is 11.3 Å². The monoisotopic (exact) mass is 262 g/mol. The Morgan fingerprint density at radius 1 is 1.32 bits per heavy atom. The van der Waals surface area contributed by atoms with E-state index in [1.165, 1.54) is 6.07 Å². The third kappa shape index (κ3) is 3.89. The van der Waals surface area contributed by atoms with E-state index in [4.69, 9.17) is 4.42 Å². The van der Waals surface area contributed by atoms with Crippen LogP contribution in [-0.2, 0) is 6.42 Å². The molecule has 0 saturated heterocycles. The summed E-state index contributed by atoms with van der Waals surface area (Å²) in [7, 11) is 0. The second kappa shape index (κ2) is 6.48. The minimum absolute atomic E-state index is 0.285. The Hall–Kier alpha value is -1.68. The smallest absolute Gasteiger partial charge is 0.194 e. The lowest BCUT2D eigenvalue weighted by atomic mass is 10.2. The van der Waals surface area contributed by atoms with Gasteiger partial charge in [-0.25, -0.2) is 9.37 Å². The summed E-state index contributed by atoms with van der Waals surface area (Å²) in [6, 6.07) is 7.05. The first kappa shape index (κ1) is 13.7. The minimum Gasteiger partial charge on any atom is -0.441 e. The number of halogens is 1. The first-order valence-corrected chi connectivity index (χ1v) is 6.60. The van der Waals surface area contributed by atoms with Crippen molar-refractivity contribution >= 4 is 0 Å². The highest BCUT2D eigenvalue weighted by atomic mass is 19.1. The summed E-state index contributed by atoms with van der Waals surface area (Å²) >= 11 is 0. The summed E-state index contributed by atoms with van der Waals surface area (Å²) in [5.41, 5.74) is 0.460. The number of aromatic nitrogens is 1. The zero-order chi connectivity index (χ0) is 13.7. The lowest BCUT2D eigenvalue weighted by Gasteiger charge is -2.05. The second-order valence-corrected chi connectivity index (χ2v) is 4.81. The molecule has 0 saturated carbocycles. The summed E-state index contributed by atoms with van der Waals surface area (Å²) < 4.78 is 19.2. The van der Waals surface area contributed by atoms with E-state index in [0.29, 0.717) is 23.3 Å². The van der Waals surface area contributed by atoms with Crippen molar-refractivity contribution < 1.29 is 8.81 Å². The molecule has 0 bridgehead atoms. The SMILES string of the molecule is CC(C)NCCCc1ncc(-c2ccccc2F)o1. The van der Waals surface area contributed by atoms with Gasteiger partial charge in [-0.2, -0.15) is 0 Å². The van der Waals surface area contributed by atoms with Gasteiger partial charge in [-0.1, -0.05) is 26.0 Å². The number of nitrogens with zero attached hydrogens (tertiary/aromatic N) is 1. The van der Waals surface area contributed by atoms with Crippen molar-refractivity contribution in [2.24, 2.45) is 0 Å². The lowest BCUT2D eigenvalue weighted by Crippen LogP contribution is -2.23. The van der Waals surface area contributed by atoms with Crippen molar-refractivity contribution in [3.8, 4) is 11.3 Å². The Labute approximate surface area is 112 Å². The van der Waals surface area contributed by atoms with Crippen LogP contribution < -0.4 is 5.32 Å².